The third kappa shape index (κ3) is 1.70. The normalized spacial score (nSPS) is 10.6. The van der Waals surface area contributed by atoms with Gasteiger partial charge >= 0.3 is 0 Å². The molecule has 0 unspecified atom stereocenters. The van der Waals surface area contributed by atoms with Crippen LogP contribution in [-0.2, 0) is 0 Å². The van der Waals surface area contributed by atoms with Crippen LogP contribution in [0.25, 0.3) is 5.52 Å². The van der Waals surface area contributed by atoms with Gasteiger partial charge in [-0.2, -0.15) is 5.10 Å². The molecule has 0 bridgehead atoms. The van der Waals surface area contributed by atoms with Gasteiger partial charge < -0.3 is 10.5 Å². The van der Waals surface area contributed by atoms with E-state index in [0.717, 1.165) is 17.7 Å². The predicted molar refractivity (Wildman–Crippen MR) is 54.4 cm³/mol. The molecule has 0 aromatic carbocycles. The van der Waals surface area contributed by atoms with Crippen molar-refractivity contribution in [2.45, 2.75) is 6.42 Å². The zero-order chi connectivity index (χ0) is 9.80. The summed E-state index contributed by atoms with van der Waals surface area (Å²) in [6.45, 7) is 1.30. The van der Waals surface area contributed by atoms with Crippen molar-refractivity contribution in [3.8, 4) is 5.75 Å². The van der Waals surface area contributed by atoms with Gasteiger partial charge in [0.2, 0.25) is 0 Å². The molecule has 0 spiro atoms. The van der Waals surface area contributed by atoms with E-state index in [0.29, 0.717) is 13.2 Å². The quantitative estimate of drug-likeness (QED) is 0.735. The molecule has 2 heterocycles. The second-order valence-corrected chi connectivity index (χ2v) is 3.03. The minimum absolute atomic E-state index is 0.646. The monoisotopic (exact) mass is 191 g/mol. The highest BCUT2D eigenvalue weighted by atomic mass is 16.5. The summed E-state index contributed by atoms with van der Waals surface area (Å²) in [5, 5.41) is 4.16. The van der Waals surface area contributed by atoms with Gasteiger partial charge in [0.25, 0.3) is 0 Å². The van der Waals surface area contributed by atoms with Crippen LogP contribution in [0.2, 0.25) is 0 Å². The van der Waals surface area contributed by atoms with Crippen LogP contribution in [0.3, 0.4) is 0 Å². The largest absolute Gasteiger partial charge is 0.490 e. The van der Waals surface area contributed by atoms with Crippen LogP contribution in [0.1, 0.15) is 6.42 Å². The van der Waals surface area contributed by atoms with Crippen LogP contribution < -0.4 is 10.5 Å². The Bertz CT molecular complexity index is 410. The van der Waals surface area contributed by atoms with E-state index in [4.69, 9.17) is 10.5 Å². The average Bonchev–Trinajstić information content (AvgIpc) is 2.63. The standard InChI is InChI=1S/C10H13N3O/c11-5-3-7-14-10-8-12-13-6-2-1-4-9(10)13/h1-2,4,6,8H,3,5,7,11H2. The molecule has 2 aromatic rings. The predicted octanol–water partition coefficient (Wildman–Crippen LogP) is 1.06. The fourth-order valence-corrected chi connectivity index (χ4v) is 1.29. The van der Waals surface area contributed by atoms with Crippen molar-refractivity contribution in [1.29, 1.82) is 0 Å². The van der Waals surface area contributed by atoms with Crippen molar-refractivity contribution >= 4 is 5.52 Å². The number of aromatic nitrogens is 2. The molecular weight excluding hydrogens is 178 g/mol. The number of pyridine rings is 1. The van der Waals surface area contributed by atoms with Crippen molar-refractivity contribution in [2.75, 3.05) is 13.2 Å². The van der Waals surface area contributed by atoms with Gasteiger partial charge in [0.1, 0.15) is 5.52 Å². The fraction of sp³-hybridized carbons (Fsp3) is 0.300. The Labute approximate surface area is 82.3 Å². The van der Waals surface area contributed by atoms with E-state index in [9.17, 15) is 0 Å². The maximum absolute atomic E-state index is 5.54. The summed E-state index contributed by atoms with van der Waals surface area (Å²) >= 11 is 0. The topological polar surface area (TPSA) is 52.5 Å². The molecule has 0 aliphatic carbocycles. The first-order chi connectivity index (χ1) is 6.92. The van der Waals surface area contributed by atoms with Crippen molar-refractivity contribution in [1.82, 2.24) is 9.61 Å². The molecule has 0 fully saturated rings. The minimum atomic E-state index is 0.646. The number of rotatable bonds is 4. The van der Waals surface area contributed by atoms with Gasteiger partial charge in [0, 0.05) is 6.20 Å². The van der Waals surface area contributed by atoms with E-state index < -0.39 is 0 Å². The molecular formula is C10H13N3O. The lowest BCUT2D eigenvalue weighted by atomic mass is 10.4. The highest BCUT2D eigenvalue weighted by molar-refractivity contribution is 5.58. The minimum Gasteiger partial charge on any atom is -0.490 e. The van der Waals surface area contributed by atoms with Crippen LogP contribution >= 0.6 is 0 Å². The molecule has 0 amide bonds. The molecule has 14 heavy (non-hydrogen) atoms. The first-order valence-electron chi connectivity index (χ1n) is 4.67. The molecule has 0 saturated heterocycles. The average molecular weight is 191 g/mol. The van der Waals surface area contributed by atoms with Crippen molar-refractivity contribution in [3.63, 3.8) is 0 Å². The number of hydrogen-bond donors (Lipinski definition) is 1. The van der Waals surface area contributed by atoms with Crippen molar-refractivity contribution < 1.29 is 4.74 Å². The van der Waals surface area contributed by atoms with Crippen LogP contribution in [0, 0.1) is 0 Å². The van der Waals surface area contributed by atoms with Crippen LogP contribution in [0.4, 0.5) is 0 Å². The summed E-state index contributed by atoms with van der Waals surface area (Å²) in [5.74, 6) is 0.819. The van der Waals surface area contributed by atoms with Crippen molar-refractivity contribution in [2.24, 2.45) is 5.73 Å². The van der Waals surface area contributed by atoms with E-state index in [1.165, 1.54) is 0 Å². The van der Waals surface area contributed by atoms with Gasteiger partial charge in [-0.3, -0.25) is 0 Å². The molecule has 2 N–H and O–H groups in total. The second kappa shape index (κ2) is 4.11. The van der Waals surface area contributed by atoms with E-state index in [2.05, 4.69) is 5.10 Å². The number of nitrogens with zero attached hydrogens (tertiary/aromatic N) is 2. The SMILES string of the molecule is NCCCOc1cnn2ccccc12. The highest BCUT2D eigenvalue weighted by Gasteiger charge is 2.02. The Balaban J connectivity index is 2.17. The van der Waals surface area contributed by atoms with E-state index in [1.807, 2.05) is 24.4 Å². The summed E-state index contributed by atoms with van der Waals surface area (Å²) in [6, 6.07) is 5.88. The summed E-state index contributed by atoms with van der Waals surface area (Å²) in [7, 11) is 0. The first-order valence-corrected chi connectivity index (χ1v) is 4.67. The first kappa shape index (κ1) is 9.02. The third-order valence-electron chi connectivity index (χ3n) is 2.00. The van der Waals surface area contributed by atoms with Crippen LogP contribution in [0.15, 0.2) is 30.6 Å². The molecule has 0 aliphatic rings. The molecule has 0 saturated carbocycles. The molecule has 0 atom stereocenters. The molecule has 2 aromatic heterocycles. The Kier molecular flexibility index (Phi) is 2.65. The molecule has 0 aliphatic heterocycles. The van der Waals surface area contributed by atoms with E-state index >= 15 is 0 Å². The maximum atomic E-state index is 5.54. The van der Waals surface area contributed by atoms with Gasteiger partial charge in [-0.1, -0.05) is 6.07 Å². The molecule has 2 rings (SSSR count). The Hall–Kier alpha value is -1.55. The van der Waals surface area contributed by atoms with Crippen LogP contribution in [-0.4, -0.2) is 22.8 Å². The molecule has 4 heteroatoms. The summed E-state index contributed by atoms with van der Waals surface area (Å²) in [5.41, 5.74) is 6.37. The lowest BCUT2D eigenvalue weighted by Gasteiger charge is -2.01. The lowest BCUT2D eigenvalue weighted by Crippen LogP contribution is -2.05. The Morgan fingerprint density at radius 2 is 2.36 bits per heavy atom. The Morgan fingerprint density at radius 3 is 3.21 bits per heavy atom. The molecule has 0 radical (unpaired) electrons. The zero-order valence-electron chi connectivity index (χ0n) is 7.89. The van der Waals surface area contributed by atoms with Crippen LogP contribution in [0.5, 0.6) is 5.75 Å². The second-order valence-electron chi connectivity index (χ2n) is 3.03. The van der Waals surface area contributed by atoms with Gasteiger partial charge in [0.15, 0.2) is 5.75 Å². The van der Waals surface area contributed by atoms with E-state index in [-0.39, 0.29) is 0 Å². The fourth-order valence-electron chi connectivity index (χ4n) is 1.29. The number of fused-ring (bicyclic) bond motifs is 1. The molecule has 74 valence electrons. The van der Waals surface area contributed by atoms with Gasteiger partial charge in [-0.25, -0.2) is 4.52 Å². The lowest BCUT2D eigenvalue weighted by molar-refractivity contribution is 0.317. The number of hydrogen-bond acceptors (Lipinski definition) is 3. The summed E-state index contributed by atoms with van der Waals surface area (Å²) in [6.07, 6.45) is 4.49. The summed E-state index contributed by atoms with van der Waals surface area (Å²) in [4.78, 5) is 0. The van der Waals surface area contributed by atoms with Crippen molar-refractivity contribution in [3.05, 3.63) is 30.6 Å². The summed E-state index contributed by atoms with van der Waals surface area (Å²) < 4.78 is 7.33. The highest BCUT2D eigenvalue weighted by Crippen LogP contribution is 2.18. The molecule has 4 nitrogen and oxygen atoms in total. The third-order valence-corrected chi connectivity index (χ3v) is 2.00. The van der Waals surface area contributed by atoms with Gasteiger partial charge in [-0.05, 0) is 25.1 Å². The number of nitrogens with two attached hydrogens (primary N) is 1. The maximum Gasteiger partial charge on any atom is 0.164 e. The van der Waals surface area contributed by atoms with E-state index in [1.54, 1.807) is 10.7 Å². The van der Waals surface area contributed by atoms with Gasteiger partial charge in [0.05, 0.1) is 12.8 Å². The Morgan fingerprint density at radius 1 is 1.43 bits per heavy atom. The zero-order valence-corrected chi connectivity index (χ0v) is 7.89. The smallest absolute Gasteiger partial charge is 0.164 e. The van der Waals surface area contributed by atoms with Gasteiger partial charge in [-0.15, -0.1) is 0 Å². The number of ether oxygens (including phenoxy) is 1.